The third-order valence-electron chi connectivity index (χ3n) is 3.18. The highest BCUT2D eigenvalue weighted by Gasteiger charge is 2.19. The van der Waals surface area contributed by atoms with Crippen LogP contribution in [0.15, 0.2) is 12.2 Å². The Balaban J connectivity index is 4.35. The van der Waals surface area contributed by atoms with Crippen LogP contribution in [0.4, 0.5) is 0 Å². The molecule has 0 rings (SSSR count). The van der Waals surface area contributed by atoms with Crippen molar-refractivity contribution in [2.75, 3.05) is 6.61 Å². The van der Waals surface area contributed by atoms with Gasteiger partial charge in [0.1, 0.15) is 0 Å². The van der Waals surface area contributed by atoms with Crippen LogP contribution in [0.25, 0.3) is 0 Å². The van der Waals surface area contributed by atoms with Gasteiger partial charge in [0.05, 0.1) is 6.61 Å². The van der Waals surface area contributed by atoms with Gasteiger partial charge in [-0.05, 0) is 31.8 Å². The average molecular weight is 322 g/mol. The van der Waals surface area contributed by atoms with Gasteiger partial charge in [0.2, 0.25) is 0 Å². The van der Waals surface area contributed by atoms with Crippen molar-refractivity contribution in [1.29, 1.82) is 0 Å². The van der Waals surface area contributed by atoms with Crippen molar-refractivity contribution in [3.63, 3.8) is 0 Å². The van der Waals surface area contributed by atoms with Gasteiger partial charge in [-0.15, -0.1) is 0 Å². The molecule has 0 fully saturated rings. The zero-order valence-electron chi connectivity index (χ0n) is 14.9. The molecule has 0 saturated carbocycles. The minimum absolute atomic E-state index is 0.172. The number of ether oxygens (including phenoxy) is 2. The standard InChI is InChI=1S/C19H30O4/c1-6-9-16(5)17(13-12-15(3)4)23-19(21)11-8-10-18(20)22-14-7-2/h16-17H,3,6-11,14H2,1-2,4-5H3. The Kier molecular flexibility index (Phi) is 11.8. The molecule has 0 N–H and O–H groups in total. The number of esters is 2. The Bertz CT molecular complexity index is 442. The highest BCUT2D eigenvalue weighted by Crippen LogP contribution is 2.15. The lowest BCUT2D eigenvalue weighted by atomic mass is 9.99. The molecule has 0 aromatic carbocycles. The quantitative estimate of drug-likeness (QED) is 0.450. The van der Waals surface area contributed by atoms with Gasteiger partial charge in [0, 0.05) is 18.8 Å². The van der Waals surface area contributed by atoms with E-state index < -0.39 is 6.10 Å². The van der Waals surface area contributed by atoms with Crippen molar-refractivity contribution < 1.29 is 19.1 Å². The van der Waals surface area contributed by atoms with Gasteiger partial charge >= 0.3 is 11.9 Å². The van der Waals surface area contributed by atoms with E-state index in [1.165, 1.54) is 0 Å². The van der Waals surface area contributed by atoms with Gasteiger partial charge < -0.3 is 9.47 Å². The van der Waals surface area contributed by atoms with Crippen LogP contribution >= 0.6 is 0 Å². The topological polar surface area (TPSA) is 52.6 Å². The van der Waals surface area contributed by atoms with Gasteiger partial charge in [0.25, 0.3) is 0 Å². The summed E-state index contributed by atoms with van der Waals surface area (Å²) in [7, 11) is 0. The van der Waals surface area contributed by atoms with Crippen LogP contribution in [-0.2, 0) is 19.1 Å². The first-order valence-electron chi connectivity index (χ1n) is 8.42. The van der Waals surface area contributed by atoms with Gasteiger partial charge in [-0.1, -0.05) is 45.6 Å². The maximum absolute atomic E-state index is 11.9. The zero-order chi connectivity index (χ0) is 17.7. The van der Waals surface area contributed by atoms with Gasteiger partial charge in [-0.2, -0.15) is 0 Å². The van der Waals surface area contributed by atoms with Gasteiger partial charge in [0.15, 0.2) is 6.10 Å². The van der Waals surface area contributed by atoms with Crippen LogP contribution < -0.4 is 0 Å². The summed E-state index contributed by atoms with van der Waals surface area (Å²) in [4.78, 5) is 23.3. The lowest BCUT2D eigenvalue weighted by molar-refractivity contribution is -0.149. The minimum Gasteiger partial charge on any atom is -0.466 e. The fourth-order valence-electron chi connectivity index (χ4n) is 1.95. The maximum atomic E-state index is 11.9. The Morgan fingerprint density at radius 1 is 1.13 bits per heavy atom. The zero-order valence-corrected chi connectivity index (χ0v) is 14.9. The Morgan fingerprint density at radius 3 is 2.35 bits per heavy atom. The summed E-state index contributed by atoms with van der Waals surface area (Å²) in [6.07, 6.45) is 3.19. The van der Waals surface area contributed by atoms with Crippen molar-refractivity contribution in [3.05, 3.63) is 12.2 Å². The molecule has 0 spiro atoms. The highest BCUT2D eigenvalue weighted by atomic mass is 16.5. The van der Waals surface area contributed by atoms with Crippen molar-refractivity contribution in [1.82, 2.24) is 0 Å². The van der Waals surface area contributed by atoms with E-state index in [0.717, 1.165) is 24.8 Å². The molecule has 2 unspecified atom stereocenters. The number of carbonyl (C=O) groups is 2. The molecule has 0 aromatic heterocycles. The third kappa shape index (κ3) is 11.5. The summed E-state index contributed by atoms with van der Waals surface area (Å²) < 4.78 is 10.4. The lowest BCUT2D eigenvalue weighted by Gasteiger charge is -2.19. The smallest absolute Gasteiger partial charge is 0.307 e. The van der Waals surface area contributed by atoms with E-state index in [1.807, 2.05) is 20.8 Å². The van der Waals surface area contributed by atoms with E-state index in [4.69, 9.17) is 9.47 Å². The molecule has 0 aliphatic rings. The second kappa shape index (κ2) is 12.8. The molecular weight excluding hydrogens is 292 g/mol. The summed E-state index contributed by atoms with van der Waals surface area (Å²) in [5.41, 5.74) is 0.744. The number of hydrogen-bond donors (Lipinski definition) is 0. The fraction of sp³-hybridized carbons (Fsp3) is 0.684. The van der Waals surface area contributed by atoms with Crippen molar-refractivity contribution in [2.45, 2.75) is 72.3 Å². The third-order valence-corrected chi connectivity index (χ3v) is 3.18. The van der Waals surface area contributed by atoms with E-state index in [0.29, 0.717) is 13.0 Å². The predicted octanol–water partition coefficient (Wildman–Crippen LogP) is 4.04. The molecule has 130 valence electrons. The molecule has 0 aromatic rings. The predicted molar refractivity (Wildman–Crippen MR) is 91.6 cm³/mol. The Labute approximate surface area is 140 Å². The van der Waals surface area contributed by atoms with Crippen LogP contribution in [-0.4, -0.2) is 24.6 Å². The molecule has 0 amide bonds. The van der Waals surface area contributed by atoms with Gasteiger partial charge in [-0.3, -0.25) is 9.59 Å². The number of hydrogen-bond acceptors (Lipinski definition) is 4. The second-order valence-corrected chi connectivity index (χ2v) is 5.80. The molecule has 4 nitrogen and oxygen atoms in total. The highest BCUT2D eigenvalue weighted by molar-refractivity contribution is 5.72. The molecule has 2 atom stereocenters. The van der Waals surface area contributed by atoms with Crippen LogP contribution in [0.2, 0.25) is 0 Å². The molecule has 0 aliphatic carbocycles. The fourth-order valence-corrected chi connectivity index (χ4v) is 1.95. The summed E-state index contributed by atoms with van der Waals surface area (Å²) in [6, 6.07) is 0. The monoisotopic (exact) mass is 322 g/mol. The van der Waals surface area contributed by atoms with Crippen LogP contribution in [0, 0.1) is 17.8 Å². The first kappa shape index (κ1) is 21.2. The number of allylic oxidation sites excluding steroid dienone is 1. The summed E-state index contributed by atoms with van der Waals surface area (Å²) >= 11 is 0. The molecule has 0 heterocycles. The molecule has 0 saturated heterocycles. The summed E-state index contributed by atoms with van der Waals surface area (Å²) in [5, 5.41) is 0. The largest absolute Gasteiger partial charge is 0.466 e. The second-order valence-electron chi connectivity index (χ2n) is 5.80. The molecule has 0 bridgehead atoms. The number of rotatable bonds is 10. The van der Waals surface area contributed by atoms with E-state index in [9.17, 15) is 9.59 Å². The molecule has 0 radical (unpaired) electrons. The maximum Gasteiger partial charge on any atom is 0.307 e. The van der Waals surface area contributed by atoms with Crippen LogP contribution in [0.3, 0.4) is 0 Å². The summed E-state index contributed by atoms with van der Waals surface area (Å²) in [6.45, 7) is 12.0. The van der Waals surface area contributed by atoms with Crippen LogP contribution in [0.5, 0.6) is 0 Å². The Morgan fingerprint density at radius 2 is 1.78 bits per heavy atom. The SMILES string of the molecule is C=C(C)C#CC(OC(=O)CCCC(=O)OCCC)C(C)CCC. The van der Waals surface area contributed by atoms with Crippen LogP contribution in [0.1, 0.15) is 66.2 Å². The molecule has 0 aliphatic heterocycles. The van der Waals surface area contributed by atoms with Crippen molar-refractivity contribution >= 4 is 11.9 Å². The van der Waals surface area contributed by atoms with E-state index >= 15 is 0 Å². The van der Waals surface area contributed by atoms with Crippen molar-refractivity contribution in [3.8, 4) is 11.8 Å². The number of carbonyl (C=O) groups excluding carboxylic acids is 2. The first-order chi connectivity index (χ1) is 10.9. The van der Waals surface area contributed by atoms with E-state index in [2.05, 4.69) is 25.3 Å². The minimum atomic E-state index is -0.425. The Hall–Kier alpha value is -1.76. The lowest BCUT2D eigenvalue weighted by Crippen LogP contribution is -2.24. The molecule has 4 heteroatoms. The van der Waals surface area contributed by atoms with E-state index in [1.54, 1.807) is 0 Å². The normalized spacial score (nSPS) is 12.5. The molecular formula is C19H30O4. The van der Waals surface area contributed by atoms with Gasteiger partial charge in [-0.25, -0.2) is 0 Å². The first-order valence-corrected chi connectivity index (χ1v) is 8.42. The van der Waals surface area contributed by atoms with Crippen molar-refractivity contribution in [2.24, 2.45) is 5.92 Å². The van der Waals surface area contributed by atoms with E-state index in [-0.39, 0.29) is 30.7 Å². The molecule has 23 heavy (non-hydrogen) atoms. The average Bonchev–Trinajstić information content (AvgIpc) is 2.49. The summed E-state index contributed by atoms with van der Waals surface area (Å²) in [5.74, 6) is 5.45.